The van der Waals surface area contributed by atoms with Gasteiger partial charge >= 0.3 is 5.97 Å². The molecule has 1 amide bonds. The third kappa shape index (κ3) is 1.82. The van der Waals surface area contributed by atoms with E-state index in [1.54, 1.807) is 0 Å². The first-order valence-electron chi connectivity index (χ1n) is 4.91. The maximum atomic E-state index is 11.5. The summed E-state index contributed by atoms with van der Waals surface area (Å²) < 4.78 is 5.05. The Bertz CT molecular complexity index is 300. The average Bonchev–Trinajstić information content (AvgIpc) is 2.43. The number of hydrogen-bond acceptors (Lipinski definition) is 4. The summed E-state index contributed by atoms with van der Waals surface area (Å²) in [5, 5.41) is 11.5. The van der Waals surface area contributed by atoms with E-state index in [4.69, 9.17) is 15.6 Å². The molecule has 2 aliphatic heterocycles. The summed E-state index contributed by atoms with van der Waals surface area (Å²) in [6.45, 7) is 1.05. The summed E-state index contributed by atoms with van der Waals surface area (Å²) in [7, 11) is 0. The lowest BCUT2D eigenvalue weighted by atomic mass is 9.88. The highest BCUT2D eigenvalue weighted by atomic mass is 16.5. The van der Waals surface area contributed by atoms with E-state index < -0.39 is 12.0 Å². The molecular weight excluding hydrogens is 200 g/mol. The van der Waals surface area contributed by atoms with Gasteiger partial charge in [0.1, 0.15) is 6.04 Å². The molecule has 2 fully saturated rings. The Hall–Kier alpha value is -1.14. The molecule has 6 heteroatoms. The second-order valence-corrected chi connectivity index (χ2v) is 4.34. The van der Waals surface area contributed by atoms with Gasteiger partial charge in [-0.1, -0.05) is 0 Å². The number of aliphatic carboxylic acids is 1. The van der Waals surface area contributed by atoms with Crippen molar-refractivity contribution in [2.75, 3.05) is 13.2 Å². The molecule has 0 bridgehead atoms. The normalized spacial score (nSPS) is 29.7. The zero-order valence-electron chi connectivity index (χ0n) is 8.23. The van der Waals surface area contributed by atoms with E-state index in [1.165, 1.54) is 0 Å². The molecular formula is C9H14N2O4. The summed E-state index contributed by atoms with van der Waals surface area (Å²) in [6.07, 6.45) is 0.829. The van der Waals surface area contributed by atoms with Crippen molar-refractivity contribution in [3.8, 4) is 0 Å². The van der Waals surface area contributed by atoms with Crippen LogP contribution in [-0.4, -0.2) is 41.8 Å². The van der Waals surface area contributed by atoms with Crippen LogP contribution in [0.1, 0.15) is 12.8 Å². The molecule has 0 aromatic rings. The molecule has 1 spiro atoms. The minimum atomic E-state index is -1.06. The Morgan fingerprint density at radius 2 is 2.40 bits per heavy atom. The van der Waals surface area contributed by atoms with Crippen molar-refractivity contribution < 1.29 is 19.4 Å². The summed E-state index contributed by atoms with van der Waals surface area (Å²) in [4.78, 5) is 22.1. The van der Waals surface area contributed by atoms with Gasteiger partial charge in [0.2, 0.25) is 5.91 Å². The van der Waals surface area contributed by atoms with E-state index >= 15 is 0 Å². The van der Waals surface area contributed by atoms with Crippen LogP contribution in [0.2, 0.25) is 0 Å². The molecule has 0 aromatic carbocycles. The van der Waals surface area contributed by atoms with E-state index in [0.717, 1.165) is 0 Å². The Morgan fingerprint density at radius 3 is 2.80 bits per heavy atom. The predicted molar refractivity (Wildman–Crippen MR) is 50.0 cm³/mol. The highest BCUT2D eigenvalue weighted by Gasteiger charge is 2.49. The molecule has 15 heavy (non-hydrogen) atoms. The number of carboxylic acids is 1. The Labute approximate surface area is 86.8 Å². The number of rotatable bonds is 3. The van der Waals surface area contributed by atoms with E-state index in [9.17, 15) is 9.59 Å². The van der Waals surface area contributed by atoms with Gasteiger partial charge in [0.05, 0.1) is 18.8 Å². The molecule has 4 N–H and O–H groups in total. The van der Waals surface area contributed by atoms with E-state index in [2.05, 4.69) is 5.32 Å². The Balaban J connectivity index is 1.93. The molecule has 6 nitrogen and oxygen atoms in total. The van der Waals surface area contributed by atoms with Gasteiger partial charge in [-0.15, -0.1) is 0 Å². The van der Waals surface area contributed by atoms with Gasteiger partial charge in [-0.2, -0.15) is 0 Å². The van der Waals surface area contributed by atoms with Crippen LogP contribution in [0.25, 0.3) is 0 Å². The van der Waals surface area contributed by atoms with Crippen molar-refractivity contribution in [2.45, 2.75) is 24.4 Å². The number of nitrogens with one attached hydrogen (secondary N) is 1. The van der Waals surface area contributed by atoms with Crippen LogP contribution in [0.4, 0.5) is 0 Å². The SMILES string of the molecule is N[C@@H](CC1CC2(COC2)NC1=O)C(=O)O. The van der Waals surface area contributed by atoms with Gasteiger partial charge < -0.3 is 20.9 Å². The molecule has 0 radical (unpaired) electrons. The first-order chi connectivity index (χ1) is 7.02. The topological polar surface area (TPSA) is 102 Å². The number of nitrogens with two attached hydrogens (primary N) is 1. The van der Waals surface area contributed by atoms with Crippen molar-refractivity contribution in [1.29, 1.82) is 0 Å². The summed E-state index contributed by atoms with van der Waals surface area (Å²) in [5.74, 6) is -1.45. The van der Waals surface area contributed by atoms with E-state index in [1.807, 2.05) is 0 Å². The number of ether oxygens (including phenoxy) is 1. The fourth-order valence-corrected chi connectivity index (χ4v) is 2.11. The molecule has 84 valence electrons. The van der Waals surface area contributed by atoms with Crippen LogP contribution in [0, 0.1) is 5.92 Å². The minimum Gasteiger partial charge on any atom is -0.480 e. The zero-order chi connectivity index (χ0) is 11.1. The van der Waals surface area contributed by atoms with E-state index in [-0.39, 0.29) is 23.8 Å². The maximum Gasteiger partial charge on any atom is 0.320 e. The quantitative estimate of drug-likeness (QED) is 0.541. The molecule has 0 saturated carbocycles. The molecule has 1 unspecified atom stereocenters. The standard InChI is InChI=1S/C9H14N2O4/c10-6(8(13)14)1-5-2-9(3-15-4-9)11-7(5)12/h5-6H,1-4,10H2,(H,11,12)(H,13,14)/t5?,6-/m0/s1. The first kappa shape index (κ1) is 10.4. The van der Waals surface area contributed by atoms with Crippen LogP contribution in [0.15, 0.2) is 0 Å². The lowest BCUT2D eigenvalue weighted by Gasteiger charge is -2.37. The second kappa shape index (κ2) is 3.46. The van der Waals surface area contributed by atoms with Crippen LogP contribution < -0.4 is 11.1 Å². The third-order valence-electron chi connectivity index (χ3n) is 3.01. The third-order valence-corrected chi connectivity index (χ3v) is 3.01. The van der Waals surface area contributed by atoms with Crippen molar-refractivity contribution in [1.82, 2.24) is 5.32 Å². The molecule has 2 rings (SSSR count). The van der Waals surface area contributed by atoms with Crippen molar-refractivity contribution in [3.05, 3.63) is 0 Å². The summed E-state index contributed by atoms with van der Waals surface area (Å²) >= 11 is 0. The lowest BCUT2D eigenvalue weighted by Crippen LogP contribution is -2.57. The lowest BCUT2D eigenvalue weighted by molar-refractivity contribution is -0.139. The molecule has 2 atom stereocenters. The molecule has 2 heterocycles. The van der Waals surface area contributed by atoms with E-state index in [0.29, 0.717) is 19.6 Å². The Kier molecular flexibility index (Phi) is 2.40. The number of carboxylic acid groups (broad SMARTS) is 1. The van der Waals surface area contributed by atoms with Gasteiger partial charge in [0.25, 0.3) is 0 Å². The van der Waals surface area contributed by atoms with Crippen LogP contribution >= 0.6 is 0 Å². The monoisotopic (exact) mass is 214 g/mol. The maximum absolute atomic E-state index is 11.5. The number of hydrogen-bond donors (Lipinski definition) is 3. The largest absolute Gasteiger partial charge is 0.480 e. The minimum absolute atomic E-state index is 0.102. The number of carbonyl (C=O) groups is 2. The molecule has 2 aliphatic rings. The number of carbonyl (C=O) groups excluding carboxylic acids is 1. The van der Waals surface area contributed by atoms with Crippen molar-refractivity contribution in [2.24, 2.45) is 11.7 Å². The summed E-state index contributed by atoms with van der Waals surface area (Å²) in [6, 6.07) is -0.961. The predicted octanol–water partition coefficient (Wildman–Crippen LogP) is -1.31. The Morgan fingerprint density at radius 1 is 1.73 bits per heavy atom. The van der Waals surface area contributed by atoms with Crippen LogP contribution in [0.3, 0.4) is 0 Å². The van der Waals surface area contributed by atoms with Gasteiger partial charge in [-0.05, 0) is 12.8 Å². The smallest absolute Gasteiger partial charge is 0.320 e. The first-order valence-corrected chi connectivity index (χ1v) is 4.91. The number of amides is 1. The molecule has 0 aromatic heterocycles. The van der Waals surface area contributed by atoms with Crippen molar-refractivity contribution >= 4 is 11.9 Å². The summed E-state index contributed by atoms with van der Waals surface area (Å²) in [5.41, 5.74) is 5.16. The van der Waals surface area contributed by atoms with Gasteiger partial charge in [-0.3, -0.25) is 9.59 Å². The van der Waals surface area contributed by atoms with Gasteiger partial charge in [-0.25, -0.2) is 0 Å². The molecule has 2 saturated heterocycles. The second-order valence-electron chi connectivity index (χ2n) is 4.34. The van der Waals surface area contributed by atoms with Crippen LogP contribution in [-0.2, 0) is 14.3 Å². The fourth-order valence-electron chi connectivity index (χ4n) is 2.11. The van der Waals surface area contributed by atoms with Crippen molar-refractivity contribution in [3.63, 3.8) is 0 Å². The van der Waals surface area contributed by atoms with Gasteiger partial charge in [0, 0.05) is 5.92 Å². The molecule has 0 aliphatic carbocycles. The van der Waals surface area contributed by atoms with Crippen LogP contribution in [0.5, 0.6) is 0 Å². The fraction of sp³-hybridized carbons (Fsp3) is 0.778. The van der Waals surface area contributed by atoms with Gasteiger partial charge in [0.15, 0.2) is 0 Å². The average molecular weight is 214 g/mol. The highest BCUT2D eigenvalue weighted by Crippen LogP contribution is 2.33. The highest BCUT2D eigenvalue weighted by molar-refractivity contribution is 5.83. The zero-order valence-corrected chi connectivity index (χ0v) is 8.23.